The molecule has 0 radical (unpaired) electrons. The predicted octanol–water partition coefficient (Wildman–Crippen LogP) is 1.48. The monoisotopic (exact) mass is 247 g/mol. The molecule has 1 amide bonds. The molecule has 18 heavy (non-hydrogen) atoms. The van der Waals surface area contributed by atoms with Crippen molar-refractivity contribution < 1.29 is 13.7 Å². The largest absolute Gasteiger partial charge is 0.355 e. The number of carbonyl (C=O) groups is 1. The first kappa shape index (κ1) is 10.9. The molecule has 2 aromatic rings. The van der Waals surface area contributed by atoms with Crippen LogP contribution in [0.1, 0.15) is 18.2 Å². The number of nitrogens with one attached hydrogen (secondary N) is 1. The van der Waals surface area contributed by atoms with Crippen molar-refractivity contribution in [3.8, 4) is 11.4 Å². The summed E-state index contributed by atoms with van der Waals surface area (Å²) in [5.74, 6) is 0.450. The Morgan fingerprint density at radius 3 is 2.78 bits per heavy atom. The molecule has 1 aromatic carbocycles. The molecule has 1 atom stereocenters. The molecule has 0 saturated carbocycles. The Bertz CT molecular complexity index is 579. The number of rotatable bonds is 2. The molecular weight excluding hydrogens is 237 g/mol. The zero-order valence-electron chi connectivity index (χ0n) is 9.39. The molecule has 1 aromatic heterocycles. The molecule has 1 saturated heterocycles. The second-order valence-corrected chi connectivity index (χ2v) is 4.17. The molecule has 1 fully saturated rings. The van der Waals surface area contributed by atoms with Gasteiger partial charge in [-0.2, -0.15) is 4.98 Å². The zero-order chi connectivity index (χ0) is 12.5. The third kappa shape index (κ3) is 1.97. The van der Waals surface area contributed by atoms with E-state index in [0.29, 0.717) is 30.2 Å². The van der Waals surface area contributed by atoms with Crippen molar-refractivity contribution in [3.63, 3.8) is 0 Å². The van der Waals surface area contributed by atoms with Gasteiger partial charge in [0.05, 0.1) is 5.92 Å². The lowest BCUT2D eigenvalue weighted by Crippen LogP contribution is -2.13. The van der Waals surface area contributed by atoms with Gasteiger partial charge in [-0.15, -0.1) is 0 Å². The SMILES string of the molecule is O=C1C[C@@H](c2nc(-c3ccc(F)cc3)no2)CN1. The smallest absolute Gasteiger partial charge is 0.232 e. The lowest BCUT2D eigenvalue weighted by atomic mass is 10.1. The van der Waals surface area contributed by atoms with Gasteiger partial charge >= 0.3 is 0 Å². The van der Waals surface area contributed by atoms with Crippen LogP contribution in [-0.4, -0.2) is 22.6 Å². The minimum atomic E-state index is -0.312. The van der Waals surface area contributed by atoms with Crippen LogP contribution in [-0.2, 0) is 4.79 Å². The van der Waals surface area contributed by atoms with Crippen LogP contribution in [0.4, 0.5) is 4.39 Å². The number of aromatic nitrogens is 2. The summed E-state index contributed by atoms with van der Waals surface area (Å²) in [6, 6.07) is 5.85. The maximum Gasteiger partial charge on any atom is 0.232 e. The zero-order valence-corrected chi connectivity index (χ0v) is 9.39. The highest BCUT2D eigenvalue weighted by molar-refractivity contribution is 5.79. The molecule has 2 heterocycles. The van der Waals surface area contributed by atoms with E-state index >= 15 is 0 Å². The van der Waals surface area contributed by atoms with Crippen LogP contribution in [0.15, 0.2) is 28.8 Å². The Balaban J connectivity index is 1.85. The maximum atomic E-state index is 12.8. The number of nitrogens with zero attached hydrogens (tertiary/aromatic N) is 2. The van der Waals surface area contributed by atoms with Gasteiger partial charge in [-0.3, -0.25) is 4.79 Å². The summed E-state index contributed by atoms with van der Waals surface area (Å²) < 4.78 is 17.9. The van der Waals surface area contributed by atoms with Crippen LogP contribution in [0.2, 0.25) is 0 Å². The Kier molecular flexibility index (Phi) is 2.55. The molecule has 1 aliphatic rings. The van der Waals surface area contributed by atoms with Crippen molar-refractivity contribution in [2.75, 3.05) is 6.54 Å². The van der Waals surface area contributed by atoms with Gasteiger partial charge in [0.15, 0.2) is 0 Å². The summed E-state index contributed by atoms with van der Waals surface area (Å²) in [6.07, 6.45) is 0.366. The van der Waals surface area contributed by atoms with E-state index in [1.54, 1.807) is 12.1 Å². The van der Waals surface area contributed by atoms with E-state index in [9.17, 15) is 9.18 Å². The average molecular weight is 247 g/mol. The third-order valence-electron chi connectivity index (χ3n) is 2.87. The molecule has 5 nitrogen and oxygen atoms in total. The first-order valence-corrected chi connectivity index (χ1v) is 5.58. The number of hydrogen-bond donors (Lipinski definition) is 1. The van der Waals surface area contributed by atoms with E-state index in [2.05, 4.69) is 15.5 Å². The molecule has 0 bridgehead atoms. The average Bonchev–Trinajstić information content (AvgIpc) is 2.98. The van der Waals surface area contributed by atoms with E-state index in [1.807, 2.05) is 0 Å². The van der Waals surface area contributed by atoms with E-state index in [4.69, 9.17) is 4.52 Å². The number of amides is 1. The molecule has 0 unspecified atom stereocenters. The normalized spacial score (nSPS) is 18.9. The predicted molar refractivity (Wildman–Crippen MR) is 60.1 cm³/mol. The standard InChI is InChI=1S/C12H10FN3O2/c13-9-3-1-7(2-4-9)11-15-12(18-16-11)8-5-10(17)14-6-8/h1-4,8H,5-6H2,(H,14,17)/t8-/m1/s1. The first-order chi connectivity index (χ1) is 8.72. The van der Waals surface area contributed by atoms with Crippen molar-refractivity contribution in [3.05, 3.63) is 36.0 Å². The fraction of sp³-hybridized carbons (Fsp3) is 0.250. The van der Waals surface area contributed by atoms with Crippen molar-refractivity contribution in [2.45, 2.75) is 12.3 Å². The second kappa shape index (κ2) is 4.21. The molecule has 0 spiro atoms. The second-order valence-electron chi connectivity index (χ2n) is 4.17. The number of benzene rings is 1. The highest BCUT2D eigenvalue weighted by Crippen LogP contribution is 2.24. The van der Waals surface area contributed by atoms with Gasteiger partial charge in [0, 0.05) is 18.5 Å². The summed E-state index contributed by atoms with van der Waals surface area (Å²) in [4.78, 5) is 15.3. The number of hydrogen-bond acceptors (Lipinski definition) is 4. The number of carbonyl (C=O) groups excluding carboxylic acids is 1. The molecular formula is C12H10FN3O2. The Hall–Kier alpha value is -2.24. The van der Waals surface area contributed by atoms with E-state index in [-0.39, 0.29) is 17.6 Å². The van der Waals surface area contributed by atoms with Crippen LogP contribution in [0.5, 0.6) is 0 Å². The Morgan fingerprint density at radius 1 is 1.33 bits per heavy atom. The van der Waals surface area contributed by atoms with Crippen LogP contribution >= 0.6 is 0 Å². The van der Waals surface area contributed by atoms with Crippen LogP contribution in [0.25, 0.3) is 11.4 Å². The summed E-state index contributed by atoms with van der Waals surface area (Å²) in [5.41, 5.74) is 0.684. The molecule has 1 aliphatic heterocycles. The minimum absolute atomic E-state index is 0.0125. The van der Waals surface area contributed by atoms with E-state index in [0.717, 1.165) is 0 Å². The van der Waals surface area contributed by atoms with Gasteiger partial charge in [-0.25, -0.2) is 4.39 Å². The van der Waals surface area contributed by atoms with Crippen LogP contribution in [0.3, 0.4) is 0 Å². The van der Waals surface area contributed by atoms with Crippen LogP contribution < -0.4 is 5.32 Å². The maximum absolute atomic E-state index is 12.8. The lowest BCUT2D eigenvalue weighted by Gasteiger charge is -1.97. The molecule has 3 rings (SSSR count). The highest BCUT2D eigenvalue weighted by Gasteiger charge is 2.28. The summed E-state index contributed by atoms with van der Waals surface area (Å²) in [6.45, 7) is 0.518. The Labute approximate surface area is 102 Å². The van der Waals surface area contributed by atoms with Crippen molar-refractivity contribution in [1.82, 2.24) is 15.5 Å². The van der Waals surface area contributed by atoms with Gasteiger partial charge in [0.25, 0.3) is 0 Å². The minimum Gasteiger partial charge on any atom is -0.355 e. The molecule has 1 N–H and O–H groups in total. The van der Waals surface area contributed by atoms with E-state index in [1.165, 1.54) is 12.1 Å². The van der Waals surface area contributed by atoms with Gasteiger partial charge < -0.3 is 9.84 Å². The van der Waals surface area contributed by atoms with Crippen molar-refractivity contribution in [1.29, 1.82) is 0 Å². The van der Waals surface area contributed by atoms with Gasteiger partial charge in [-0.1, -0.05) is 5.16 Å². The molecule has 0 aliphatic carbocycles. The van der Waals surface area contributed by atoms with Gasteiger partial charge in [0.2, 0.25) is 17.6 Å². The first-order valence-electron chi connectivity index (χ1n) is 5.58. The molecule has 92 valence electrons. The topological polar surface area (TPSA) is 68.0 Å². The third-order valence-corrected chi connectivity index (χ3v) is 2.87. The fourth-order valence-corrected chi connectivity index (χ4v) is 1.90. The van der Waals surface area contributed by atoms with E-state index < -0.39 is 0 Å². The van der Waals surface area contributed by atoms with Crippen LogP contribution in [0, 0.1) is 5.82 Å². The molecule has 6 heteroatoms. The van der Waals surface area contributed by atoms with Crippen molar-refractivity contribution in [2.24, 2.45) is 0 Å². The van der Waals surface area contributed by atoms with Gasteiger partial charge in [-0.05, 0) is 24.3 Å². The quantitative estimate of drug-likeness (QED) is 0.872. The summed E-state index contributed by atoms with van der Waals surface area (Å²) in [5, 5.41) is 6.55. The number of halogens is 1. The Morgan fingerprint density at radius 2 is 2.11 bits per heavy atom. The van der Waals surface area contributed by atoms with Gasteiger partial charge in [0.1, 0.15) is 5.82 Å². The lowest BCUT2D eigenvalue weighted by molar-refractivity contribution is -0.119. The summed E-state index contributed by atoms with van der Waals surface area (Å²) >= 11 is 0. The fourth-order valence-electron chi connectivity index (χ4n) is 1.90. The van der Waals surface area contributed by atoms with Crippen molar-refractivity contribution >= 4 is 5.91 Å². The highest BCUT2D eigenvalue weighted by atomic mass is 19.1. The summed E-state index contributed by atoms with van der Waals surface area (Å²) in [7, 11) is 0.